The van der Waals surface area contributed by atoms with Gasteiger partial charge in [0.05, 0.1) is 0 Å². The molecule has 0 radical (unpaired) electrons. The van der Waals surface area contributed by atoms with Crippen LogP contribution in [0.3, 0.4) is 0 Å². The van der Waals surface area contributed by atoms with E-state index in [1.807, 2.05) is 35.9 Å². The van der Waals surface area contributed by atoms with Gasteiger partial charge in [0.15, 0.2) is 0 Å². The molecule has 0 saturated heterocycles. The van der Waals surface area contributed by atoms with E-state index in [1.54, 1.807) is 20.4 Å². The predicted molar refractivity (Wildman–Crippen MR) is 60.2 cm³/mol. The Morgan fingerprint density at radius 3 is 2.67 bits per heavy atom. The number of aromatic nitrogens is 1. The molecule has 0 amide bonds. The standard InChI is InChI=1S/C11H10NO2.Li/c1-13-9-6-8-4-3-5-12-11(8)10(7-9)14-2;/h3,5-7H,1-2H3;. The van der Waals surface area contributed by atoms with Crippen LogP contribution in [0, 0.1) is 0 Å². The fourth-order valence-corrected chi connectivity index (χ4v) is 1.60. The maximum atomic E-state index is 5.28. The zero-order valence-electron chi connectivity index (χ0n) is 9.07. The maximum absolute atomic E-state index is 5.28. The van der Waals surface area contributed by atoms with E-state index in [0.717, 1.165) is 26.6 Å². The third kappa shape index (κ3) is 1.81. The molecule has 0 fully saturated rings. The van der Waals surface area contributed by atoms with E-state index in [1.165, 1.54) is 0 Å². The van der Waals surface area contributed by atoms with Crippen molar-refractivity contribution in [2.24, 2.45) is 0 Å². The monoisotopic (exact) mass is 195 g/mol. The summed E-state index contributed by atoms with van der Waals surface area (Å²) in [5.74, 6) is 1.53. The van der Waals surface area contributed by atoms with Crippen molar-refractivity contribution in [2.75, 3.05) is 14.2 Å². The summed E-state index contributed by atoms with van der Waals surface area (Å²) < 4.78 is 11.7. The zero-order chi connectivity index (χ0) is 10.8. The Balaban J connectivity index is 2.80. The first kappa shape index (κ1) is 10.3. The van der Waals surface area contributed by atoms with Crippen LogP contribution in [0.5, 0.6) is 11.5 Å². The first-order valence-electron chi connectivity index (χ1n) is 4.73. The van der Waals surface area contributed by atoms with E-state index in [4.69, 9.17) is 9.47 Å². The van der Waals surface area contributed by atoms with Crippen LogP contribution in [0.25, 0.3) is 10.9 Å². The SMILES string of the molecule is [Li][c]1ccnc2c(OC)cc(OC)cc12. The molecule has 15 heavy (non-hydrogen) atoms. The molecule has 0 aliphatic carbocycles. The molecule has 2 aromatic rings. The average Bonchev–Trinajstić information content (AvgIpc) is 2.28. The second-order valence-electron chi connectivity index (χ2n) is 3.35. The molecule has 0 aliphatic rings. The second-order valence-corrected chi connectivity index (χ2v) is 3.35. The molecule has 1 heterocycles. The van der Waals surface area contributed by atoms with Gasteiger partial charge in [-0.05, 0) is 0 Å². The van der Waals surface area contributed by atoms with Crippen LogP contribution < -0.4 is 13.7 Å². The van der Waals surface area contributed by atoms with E-state index in [0.29, 0.717) is 0 Å². The summed E-state index contributed by atoms with van der Waals surface area (Å²) >= 11 is 2.04. The van der Waals surface area contributed by atoms with Gasteiger partial charge in [-0.15, -0.1) is 0 Å². The zero-order valence-corrected chi connectivity index (χ0v) is 9.07. The van der Waals surface area contributed by atoms with Gasteiger partial charge < -0.3 is 0 Å². The Morgan fingerprint density at radius 1 is 1.20 bits per heavy atom. The van der Waals surface area contributed by atoms with E-state index in [-0.39, 0.29) is 0 Å². The van der Waals surface area contributed by atoms with Crippen molar-refractivity contribution >= 4 is 32.9 Å². The van der Waals surface area contributed by atoms with Gasteiger partial charge in [0.2, 0.25) is 0 Å². The molecule has 0 saturated carbocycles. The topological polar surface area (TPSA) is 31.4 Å². The summed E-state index contributed by atoms with van der Waals surface area (Å²) in [4.78, 5) is 4.31. The summed E-state index contributed by atoms with van der Waals surface area (Å²) in [5.41, 5.74) is 0.873. The van der Waals surface area contributed by atoms with Crippen molar-refractivity contribution in [1.29, 1.82) is 0 Å². The first-order valence-corrected chi connectivity index (χ1v) is 4.73. The third-order valence-electron chi connectivity index (χ3n) is 2.46. The van der Waals surface area contributed by atoms with Gasteiger partial charge in [0.25, 0.3) is 0 Å². The fraction of sp³-hybridized carbons (Fsp3) is 0.182. The Bertz CT molecular complexity index is 499. The summed E-state index contributed by atoms with van der Waals surface area (Å²) in [6.45, 7) is 0. The molecule has 0 aliphatic heterocycles. The number of rotatable bonds is 2. The summed E-state index contributed by atoms with van der Waals surface area (Å²) in [6, 6.07) is 5.79. The Hall–Kier alpha value is -1.17. The number of nitrogens with zero attached hydrogens (tertiary/aromatic N) is 1. The first-order chi connectivity index (χ1) is 7.26. The van der Waals surface area contributed by atoms with E-state index in [9.17, 15) is 0 Å². The van der Waals surface area contributed by atoms with Crippen LogP contribution in [0.4, 0.5) is 0 Å². The van der Waals surface area contributed by atoms with Gasteiger partial charge in [-0.3, -0.25) is 0 Å². The predicted octanol–water partition coefficient (Wildman–Crippen LogP) is 1.05. The summed E-state index contributed by atoms with van der Waals surface area (Å²) in [7, 11) is 3.28. The summed E-state index contributed by atoms with van der Waals surface area (Å²) in [5, 5.41) is 1.06. The second kappa shape index (κ2) is 4.14. The number of methoxy groups -OCH3 is 2. The Kier molecular flexibility index (Phi) is 2.85. The quantitative estimate of drug-likeness (QED) is 0.671. The number of hydrogen-bond acceptors (Lipinski definition) is 3. The number of ether oxygens (including phenoxy) is 2. The molecule has 0 atom stereocenters. The van der Waals surface area contributed by atoms with Crippen LogP contribution in [-0.2, 0) is 0 Å². The van der Waals surface area contributed by atoms with Gasteiger partial charge >= 0.3 is 97.4 Å². The molecule has 1 aromatic carbocycles. The van der Waals surface area contributed by atoms with E-state index >= 15 is 0 Å². The molecule has 0 spiro atoms. The summed E-state index contributed by atoms with van der Waals surface area (Å²) in [6.07, 6.45) is 1.78. The van der Waals surface area contributed by atoms with Crippen LogP contribution in [-0.4, -0.2) is 36.9 Å². The molecule has 72 valence electrons. The Morgan fingerprint density at radius 2 is 2.00 bits per heavy atom. The van der Waals surface area contributed by atoms with E-state index < -0.39 is 0 Å². The van der Waals surface area contributed by atoms with Crippen LogP contribution in [0.15, 0.2) is 24.4 Å². The van der Waals surface area contributed by atoms with Crippen molar-refractivity contribution in [2.45, 2.75) is 0 Å². The molecule has 3 nitrogen and oxygen atoms in total. The number of fused-ring (bicyclic) bond motifs is 1. The minimum atomic E-state index is 0.744. The van der Waals surface area contributed by atoms with Gasteiger partial charge in [0, 0.05) is 0 Å². The van der Waals surface area contributed by atoms with Crippen molar-refractivity contribution in [3.05, 3.63) is 24.4 Å². The Labute approximate surface area is 97.6 Å². The van der Waals surface area contributed by atoms with Crippen molar-refractivity contribution in [3.63, 3.8) is 0 Å². The average molecular weight is 195 g/mol. The number of benzene rings is 1. The van der Waals surface area contributed by atoms with Gasteiger partial charge in [-0.1, -0.05) is 0 Å². The van der Waals surface area contributed by atoms with Crippen molar-refractivity contribution < 1.29 is 9.47 Å². The van der Waals surface area contributed by atoms with Crippen molar-refractivity contribution in [1.82, 2.24) is 4.98 Å². The number of hydrogen-bond donors (Lipinski definition) is 0. The molecule has 1 aromatic heterocycles. The third-order valence-corrected chi connectivity index (χ3v) is 2.46. The molecule has 4 heteroatoms. The molecule has 0 unspecified atom stereocenters. The van der Waals surface area contributed by atoms with Gasteiger partial charge in [0.1, 0.15) is 0 Å². The number of pyridine rings is 1. The van der Waals surface area contributed by atoms with Gasteiger partial charge in [-0.25, -0.2) is 0 Å². The fourth-order valence-electron chi connectivity index (χ4n) is 1.60. The minimum absolute atomic E-state index is 0.744. The molecule has 0 N–H and O–H groups in total. The molecule has 2 rings (SSSR count). The molecule has 0 bridgehead atoms. The molecular weight excluding hydrogens is 185 g/mol. The molecular formula is C11H10LiNO2. The van der Waals surface area contributed by atoms with Crippen LogP contribution >= 0.6 is 0 Å². The van der Waals surface area contributed by atoms with Crippen LogP contribution in [0.2, 0.25) is 0 Å². The van der Waals surface area contributed by atoms with E-state index in [2.05, 4.69) is 4.98 Å². The normalized spacial score (nSPS) is 10.4. The van der Waals surface area contributed by atoms with Gasteiger partial charge in [-0.2, -0.15) is 0 Å². The van der Waals surface area contributed by atoms with Crippen LogP contribution in [0.1, 0.15) is 0 Å². The van der Waals surface area contributed by atoms with Crippen molar-refractivity contribution in [3.8, 4) is 11.5 Å².